The topological polar surface area (TPSA) is 4.93 Å². The van der Waals surface area contributed by atoms with Gasteiger partial charge in [0.2, 0.25) is 0 Å². The highest BCUT2D eigenvalue weighted by molar-refractivity contribution is 7.26. The van der Waals surface area contributed by atoms with Crippen molar-refractivity contribution in [2.45, 2.75) is 6.92 Å². The van der Waals surface area contributed by atoms with Gasteiger partial charge >= 0.3 is 0 Å². The zero-order valence-electron chi connectivity index (χ0n) is 23.7. The second-order valence-corrected chi connectivity index (χ2v) is 12.5. The van der Waals surface area contributed by atoms with Gasteiger partial charge in [0, 0.05) is 42.0 Å². The first-order valence-corrected chi connectivity index (χ1v) is 15.6. The van der Waals surface area contributed by atoms with Crippen LogP contribution in [0.2, 0.25) is 0 Å². The first kappa shape index (κ1) is 24.4. The maximum Gasteiger partial charge on any atom is 0.0547 e. The van der Waals surface area contributed by atoms with Crippen LogP contribution in [0.3, 0.4) is 0 Å². The van der Waals surface area contributed by atoms with E-state index in [1.165, 1.54) is 86.3 Å². The molecule has 0 atom stereocenters. The van der Waals surface area contributed by atoms with Crippen molar-refractivity contribution in [1.29, 1.82) is 0 Å². The highest BCUT2D eigenvalue weighted by atomic mass is 32.1. The first-order chi connectivity index (χ1) is 21.2. The number of thiophene rings is 1. The van der Waals surface area contributed by atoms with Gasteiger partial charge in [-0.25, -0.2) is 0 Å². The lowest BCUT2D eigenvalue weighted by Gasteiger charge is -2.09. The molecule has 0 fully saturated rings. The van der Waals surface area contributed by atoms with Crippen LogP contribution in [0.5, 0.6) is 0 Å². The molecule has 0 bridgehead atoms. The van der Waals surface area contributed by atoms with Crippen LogP contribution in [-0.4, -0.2) is 4.57 Å². The molecule has 9 rings (SSSR count). The van der Waals surface area contributed by atoms with E-state index < -0.39 is 0 Å². The van der Waals surface area contributed by atoms with Gasteiger partial charge < -0.3 is 4.57 Å². The van der Waals surface area contributed by atoms with Crippen molar-refractivity contribution in [1.82, 2.24) is 4.57 Å². The van der Waals surface area contributed by atoms with Gasteiger partial charge in [0.1, 0.15) is 0 Å². The Balaban J connectivity index is 1.32. The normalized spacial score (nSPS) is 11.8. The van der Waals surface area contributed by atoms with Gasteiger partial charge in [-0.1, -0.05) is 103 Å². The van der Waals surface area contributed by atoms with Gasteiger partial charge in [0.15, 0.2) is 0 Å². The molecule has 0 unspecified atom stereocenters. The predicted molar refractivity (Wildman–Crippen MR) is 187 cm³/mol. The minimum atomic E-state index is 1.18. The predicted octanol–water partition coefficient (Wildman–Crippen LogP) is 11.9. The average Bonchev–Trinajstić information content (AvgIpc) is 3.60. The summed E-state index contributed by atoms with van der Waals surface area (Å²) >= 11 is 1.90. The van der Waals surface area contributed by atoms with E-state index in [0.717, 1.165) is 0 Å². The highest BCUT2D eigenvalue weighted by Gasteiger charge is 2.17. The molecule has 0 N–H and O–H groups in total. The number of para-hydroxylation sites is 1. The zero-order chi connectivity index (χ0) is 28.5. The van der Waals surface area contributed by atoms with Crippen LogP contribution >= 0.6 is 11.3 Å². The summed E-state index contributed by atoms with van der Waals surface area (Å²) in [7, 11) is 0. The summed E-state index contributed by atoms with van der Waals surface area (Å²) in [5, 5.41) is 7.84. The summed E-state index contributed by atoms with van der Waals surface area (Å²) in [6.45, 7) is 2.14. The number of nitrogens with zero attached hydrogens (tertiary/aromatic N) is 1. The standard InChI is InChI=1S/C41H27NS/c1-26-14-16-27(17-15-26)28-8-7-9-29(22-28)30-19-21-38-36(23-30)37-25-35-31(24-39(37)42(38)32-10-3-2-4-11-32)18-20-34-33-12-5-6-13-40(33)43-41(34)35/h2-25H,1H3. The Bertz CT molecular complexity index is 2500. The van der Waals surface area contributed by atoms with E-state index in [1.807, 2.05) is 11.3 Å². The van der Waals surface area contributed by atoms with Gasteiger partial charge in [0.25, 0.3) is 0 Å². The quantitative estimate of drug-likeness (QED) is 0.201. The highest BCUT2D eigenvalue weighted by Crippen LogP contribution is 2.42. The molecule has 0 radical (unpaired) electrons. The maximum absolute atomic E-state index is 2.44. The van der Waals surface area contributed by atoms with Crippen LogP contribution in [0.4, 0.5) is 0 Å². The van der Waals surface area contributed by atoms with Crippen molar-refractivity contribution in [3.63, 3.8) is 0 Å². The minimum Gasteiger partial charge on any atom is -0.309 e. The van der Waals surface area contributed by atoms with Crippen LogP contribution < -0.4 is 0 Å². The Hall–Kier alpha value is -5.18. The molecule has 0 aliphatic rings. The molecule has 0 spiro atoms. The summed E-state index contributed by atoms with van der Waals surface area (Å²) in [6.07, 6.45) is 0. The molecular formula is C41H27NS. The van der Waals surface area contributed by atoms with Crippen molar-refractivity contribution < 1.29 is 0 Å². The van der Waals surface area contributed by atoms with Crippen molar-refractivity contribution in [3.05, 3.63) is 151 Å². The number of hydrogen-bond donors (Lipinski definition) is 0. The zero-order valence-corrected chi connectivity index (χ0v) is 24.5. The summed E-state index contributed by atoms with van der Waals surface area (Å²) in [6, 6.07) is 53.6. The fraction of sp³-hybridized carbons (Fsp3) is 0.0244. The van der Waals surface area contributed by atoms with E-state index in [9.17, 15) is 0 Å². The van der Waals surface area contributed by atoms with Gasteiger partial charge in [0.05, 0.1) is 11.0 Å². The Morgan fingerprint density at radius 1 is 0.442 bits per heavy atom. The number of fused-ring (bicyclic) bond motifs is 8. The number of aryl methyl sites for hydroxylation is 1. The van der Waals surface area contributed by atoms with Gasteiger partial charge in [-0.15, -0.1) is 11.3 Å². The first-order valence-electron chi connectivity index (χ1n) is 14.8. The van der Waals surface area contributed by atoms with Crippen LogP contribution in [0.1, 0.15) is 5.56 Å². The lowest BCUT2D eigenvalue weighted by atomic mass is 9.97. The van der Waals surface area contributed by atoms with Crippen LogP contribution in [0, 0.1) is 6.92 Å². The van der Waals surface area contributed by atoms with Crippen LogP contribution in [0.15, 0.2) is 146 Å². The molecule has 0 aliphatic carbocycles. The van der Waals surface area contributed by atoms with E-state index in [2.05, 4.69) is 157 Å². The Morgan fingerprint density at radius 3 is 2.02 bits per heavy atom. The third kappa shape index (κ3) is 3.84. The lowest BCUT2D eigenvalue weighted by molar-refractivity contribution is 1.18. The molecule has 7 aromatic carbocycles. The third-order valence-corrected chi connectivity index (χ3v) is 10.1. The third-order valence-electron chi connectivity index (χ3n) is 8.84. The molecule has 0 saturated heterocycles. The number of hydrogen-bond acceptors (Lipinski definition) is 1. The molecule has 0 amide bonds. The summed E-state index contributed by atoms with van der Waals surface area (Å²) < 4.78 is 5.13. The van der Waals surface area contributed by atoms with Crippen LogP contribution in [0.25, 0.3) is 80.7 Å². The van der Waals surface area contributed by atoms with E-state index in [0.29, 0.717) is 0 Å². The lowest BCUT2D eigenvalue weighted by Crippen LogP contribution is -1.93. The largest absolute Gasteiger partial charge is 0.309 e. The van der Waals surface area contributed by atoms with Crippen molar-refractivity contribution in [2.24, 2.45) is 0 Å². The monoisotopic (exact) mass is 565 g/mol. The number of aromatic nitrogens is 1. The fourth-order valence-electron chi connectivity index (χ4n) is 6.68. The average molecular weight is 566 g/mol. The van der Waals surface area contributed by atoms with Gasteiger partial charge in [-0.3, -0.25) is 0 Å². The summed E-state index contributed by atoms with van der Waals surface area (Å²) in [5.74, 6) is 0. The van der Waals surface area contributed by atoms with E-state index >= 15 is 0 Å². The smallest absolute Gasteiger partial charge is 0.0547 e. The molecule has 1 nitrogen and oxygen atoms in total. The SMILES string of the molecule is Cc1ccc(-c2cccc(-c3ccc4c(c3)c3cc5c(ccc6c7ccccc7sc56)cc3n4-c3ccccc3)c2)cc1. The number of benzene rings is 7. The Kier molecular flexibility index (Phi) is 5.35. The molecule has 43 heavy (non-hydrogen) atoms. The maximum atomic E-state index is 2.44. The van der Waals surface area contributed by atoms with Gasteiger partial charge in [-0.2, -0.15) is 0 Å². The van der Waals surface area contributed by atoms with Crippen LogP contribution in [-0.2, 0) is 0 Å². The molecular weight excluding hydrogens is 539 g/mol. The second-order valence-electron chi connectivity index (χ2n) is 11.5. The van der Waals surface area contributed by atoms with E-state index in [4.69, 9.17) is 0 Å². The molecule has 2 heteroatoms. The number of rotatable bonds is 3. The van der Waals surface area contributed by atoms with Crippen molar-refractivity contribution in [2.75, 3.05) is 0 Å². The van der Waals surface area contributed by atoms with E-state index in [-0.39, 0.29) is 0 Å². The van der Waals surface area contributed by atoms with Gasteiger partial charge in [-0.05, 0) is 83.1 Å². The molecule has 2 aromatic heterocycles. The summed E-state index contributed by atoms with van der Waals surface area (Å²) in [5.41, 5.74) is 9.86. The fourth-order valence-corrected chi connectivity index (χ4v) is 7.91. The second kappa shape index (κ2) is 9.42. The molecule has 202 valence electrons. The minimum absolute atomic E-state index is 1.18. The van der Waals surface area contributed by atoms with Crippen molar-refractivity contribution in [3.8, 4) is 27.9 Å². The Morgan fingerprint density at radius 2 is 1.16 bits per heavy atom. The summed E-state index contributed by atoms with van der Waals surface area (Å²) in [4.78, 5) is 0. The van der Waals surface area contributed by atoms with E-state index in [1.54, 1.807) is 0 Å². The van der Waals surface area contributed by atoms with Crippen molar-refractivity contribution >= 4 is 64.1 Å². The molecule has 0 saturated carbocycles. The molecule has 2 heterocycles. The Labute approximate surface area is 253 Å². The molecule has 0 aliphatic heterocycles. The molecule has 9 aromatic rings.